The largest absolute Gasteiger partial charge is 0.396 e. The van der Waals surface area contributed by atoms with Crippen molar-refractivity contribution >= 4 is 40.4 Å². The fraction of sp³-hybridized carbons (Fsp3) is 0.435. The molecule has 1 atom stereocenters. The number of halogens is 2. The predicted octanol–water partition coefficient (Wildman–Crippen LogP) is 3.29. The van der Waals surface area contributed by atoms with Gasteiger partial charge in [0.15, 0.2) is 6.23 Å². The number of aliphatic hydroxyl groups is 1. The van der Waals surface area contributed by atoms with Gasteiger partial charge in [-0.1, -0.05) is 11.6 Å². The average Bonchev–Trinajstić information content (AvgIpc) is 2.80. The molecule has 1 saturated heterocycles. The highest BCUT2D eigenvalue weighted by Gasteiger charge is 2.29. The summed E-state index contributed by atoms with van der Waals surface area (Å²) in [6.45, 7) is 7.95. The van der Waals surface area contributed by atoms with E-state index in [1.54, 1.807) is 6.20 Å². The molecule has 9 heteroatoms. The number of likely N-dealkylation sites (N-methyl/N-ethyl adjacent to an activating group) is 1. The summed E-state index contributed by atoms with van der Waals surface area (Å²) in [6, 6.07) is 4.59. The van der Waals surface area contributed by atoms with E-state index in [1.165, 1.54) is 12.1 Å². The number of pyridine rings is 1. The zero-order valence-electron chi connectivity index (χ0n) is 18.2. The molecule has 0 amide bonds. The van der Waals surface area contributed by atoms with Gasteiger partial charge in [-0.05, 0) is 38.1 Å². The van der Waals surface area contributed by atoms with Crippen LogP contribution in [0.2, 0.25) is 5.02 Å². The number of nitrogen functional groups attached to an aromatic ring is 1. The first-order chi connectivity index (χ1) is 15.5. The number of morpholine rings is 1. The van der Waals surface area contributed by atoms with Gasteiger partial charge < -0.3 is 25.8 Å². The van der Waals surface area contributed by atoms with Crippen molar-refractivity contribution < 1.29 is 14.2 Å². The van der Waals surface area contributed by atoms with Gasteiger partial charge >= 0.3 is 0 Å². The predicted molar refractivity (Wildman–Crippen MR) is 127 cm³/mol. The topological polar surface area (TPSA) is 86.9 Å². The maximum Gasteiger partial charge on any atom is 0.153 e. The van der Waals surface area contributed by atoms with Gasteiger partial charge in [-0.2, -0.15) is 0 Å². The number of hydrogen-bond donors (Lipinski definition) is 3. The number of ether oxygens (including phenoxy) is 1. The van der Waals surface area contributed by atoms with Crippen LogP contribution in [0, 0.1) is 5.82 Å². The molecule has 0 radical (unpaired) electrons. The zero-order valence-corrected chi connectivity index (χ0v) is 18.9. The quantitative estimate of drug-likeness (QED) is 0.431. The van der Waals surface area contributed by atoms with Gasteiger partial charge in [-0.15, -0.1) is 0 Å². The van der Waals surface area contributed by atoms with E-state index >= 15 is 0 Å². The van der Waals surface area contributed by atoms with Crippen LogP contribution in [0.5, 0.6) is 0 Å². The molecule has 3 heterocycles. The van der Waals surface area contributed by atoms with Crippen LogP contribution in [-0.4, -0.2) is 67.2 Å². The van der Waals surface area contributed by atoms with Crippen LogP contribution in [0.15, 0.2) is 24.4 Å². The van der Waals surface area contributed by atoms with Crippen molar-refractivity contribution in [3.05, 3.63) is 46.4 Å². The van der Waals surface area contributed by atoms with Crippen LogP contribution in [0.4, 0.5) is 21.6 Å². The van der Waals surface area contributed by atoms with Gasteiger partial charge in [0.05, 0.1) is 29.6 Å². The first-order valence-corrected chi connectivity index (χ1v) is 11.3. The van der Waals surface area contributed by atoms with Gasteiger partial charge in [0.2, 0.25) is 0 Å². The average molecular weight is 462 g/mol. The summed E-state index contributed by atoms with van der Waals surface area (Å²) in [4.78, 5) is 8.80. The van der Waals surface area contributed by atoms with Gasteiger partial charge in [0.25, 0.3) is 0 Å². The second-order valence-electron chi connectivity index (χ2n) is 7.98. The number of nitrogens with one attached hydrogen (secondary N) is 1. The molecule has 7 nitrogen and oxygen atoms in total. The Labute approximate surface area is 192 Å². The lowest BCUT2D eigenvalue weighted by Crippen LogP contribution is -2.38. The molecule has 0 bridgehead atoms. The molecular formula is C23H29ClFN5O2. The lowest BCUT2D eigenvalue weighted by molar-refractivity contribution is 0.0378. The van der Waals surface area contributed by atoms with Crippen molar-refractivity contribution in [2.75, 3.05) is 61.9 Å². The number of benzene rings is 1. The Morgan fingerprint density at radius 1 is 1.31 bits per heavy atom. The van der Waals surface area contributed by atoms with E-state index in [4.69, 9.17) is 22.1 Å². The molecular weight excluding hydrogens is 433 g/mol. The van der Waals surface area contributed by atoms with Crippen LogP contribution >= 0.6 is 11.6 Å². The number of nitrogens with two attached hydrogens (primary N) is 1. The maximum atomic E-state index is 13.8. The normalized spacial score (nSPS) is 18.9. The van der Waals surface area contributed by atoms with Crippen molar-refractivity contribution in [1.29, 1.82) is 0 Å². The lowest BCUT2D eigenvalue weighted by Gasteiger charge is -2.36. The molecule has 2 aliphatic rings. The minimum Gasteiger partial charge on any atom is -0.396 e. The molecule has 172 valence electrons. The second kappa shape index (κ2) is 10.0. The number of aromatic nitrogens is 1. The Hall–Kier alpha value is -2.39. The van der Waals surface area contributed by atoms with Crippen molar-refractivity contribution in [2.45, 2.75) is 19.6 Å². The van der Waals surface area contributed by atoms with Crippen molar-refractivity contribution in [1.82, 2.24) is 9.88 Å². The Balaban J connectivity index is 1.51. The highest BCUT2D eigenvalue weighted by atomic mass is 35.5. The monoisotopic (exact) mass is 461 g/mol. The SMILES string of the molecule is CCN1c2cc(NCCCN3CCOCC3)ncc2C=C(c2cc(N)c(F)cc2Cl)C1O. The second-order valence-corrected chi connectivity index (χ2v) is 8.38. The summed E-state index contributed by atoms with van der Waals surface area (Å²) < 4.78 is 19.1. The van der Waals surface area contributed by atoms with Crippen LogP contribution in [0.1, 0.15) is 24.5 Å². The van der Waals surface area contributed by atoms with Crippen molar-refractivity contribution in [3.8, 4) is 0 Å². The smallest absolute Gasteiger partial charge is 0.153 e. The van der Waals surface area contributed by atoms with Crippen LogP contribution in [-0.2, 0) is 4.74 Å². The fourth-order valence-electron chi connectivity index (χ4n) is 4.14. The van der Waals surface area contributed by atoms with E-state index in [2.05, 4.69) is 15.2 Å². The molecule has 1 aromatic carbocycles. The molecule has 0 spiro atoms. The summed E-state index contributed by atoms with van der Waals surface area (Å²) in [7, 11) is 0. The molecule has 0 saturated carbocycles. The highest BCUT2D eigenvalue weighted by molar-refractivity contribution is 6.32. The Bertz CT molecular complexity index is 997. The van der Waals surface area contributed by atoms with E-state index in [-0.39, 0.29) is 10.7 Å². The Morgan fingerprint density at radius 3 is 2.84 bits per heavy atom. The standard InChI is InChI=1S/C23H29ClFN5O2/c1-2-30-21-13-22(27-4-3-5-29-6-8-32-9-7-29)28-14-15(21)10-17(23(30)31)16-11-20(26)19(25)12-18(16)24/h10-14,23,31H,2-9,26H2,1H3,(H,27,28). The van der Waals surface area contributed by atoms with Gasteiger partial charge in [-0.25, -0.2) is 9.37 Å². The minimum atomic E-state index is -0.938. The van der Waals surface area contributed by atoms with Gasteiger partial charge in [0.1, 0.15) is 11.6 Å². The molecule has 32 heavy (non-hydrogen) atoms. The van der Waals surface area contributed by atoms with Crippen molar-refractivity contribution in [3.63, 3.8) is 0 Å². The third-order valence-corrected chi connectivity index (χ3v) is 6.22. The van der Waals surface area contributed by atoms with E-state index < -0.39 is 12.0 Å². The van der Waals surface area contributed by atoms with E-state index in [9.17, 15) is 9.50 Å². The highest BCUT2D eigenvalue weighted by Crippen LogP contribution is 2.39. The fourth-order valence-corrected chi connectivity index (χ4v) is 4.40. The summed E-state index contributed by atoms with van der Waals surface area (Å²) in [6.07, 6.45) is 3.67. The molecule has 0 aliphatic carbocycles. The molecule has 1 unspecified atom stereocenters. The molecule has 2 aromatic rings. The van der Waals surface area contributed by atoms with E-state index in [0.717, 1.165) is 62.9 Å². The van der Waals surface area contributed by atoms with Crippen LogP contribution < -0.4 is 16.0 Å². The molecule has 2 aliphatic heterocycles. The third-order valence-electron chi connectivity index (χ3n) is 5.90. The summed E-state index contributed by atoms with van der Waals surface area (Å²) >= 11 is 6.27. The first-order valence-electron chi connectivity index (χ1n) is 10.9. The Morgan fingerprint density at radius 2 is 2.09 bits per heavy atom. The molecule has 4 rings (SSSR count). The molecule has 1 aromatic heterocycles. The molecule has 1 fully saturated rings. The van der Waals surface area contributed by atoms with E-state index in [1.807, 2.05) is 24.0 Å². The van der Waals surface area contributed by atoms with Crippen LogP contribution in [0.25, 0.3) is 11.6 Å². The number of nitrogens with zero attached hydrogens (tertiary/aromatic N) is 3. The molecule has 4 N–H and O–H groups in total. The lowest BCUT2D eigenvalue weighted by atomic mass is 9.95. The number of aliphatic hydroxyl groups excluding tert-OH is 1. The number of rotatable bonds is 7. The first kappa shape index (κ1) is 22.8. The summed E-state index contributed by atoms with van der Waals surface area (Å²) in [5.41, 5.74) is 8.52. The van der Waals surface area contributed by atoms with Gasteiger partial charge in [0, 0.05) is 55.1 Å². The van der Waals surface area contributed by atoms with Crippen LogP contribution in [0.3, 0.4) is 0 Å². The number of fused-ring (bicyclic) bond motifs is 1. The number of hydrogen-bond acceptors (Lipinski definition) is 7. The summed E-state index contributed by atoms with van der Waals surface area (Å²) in [5.74, 6) is 0.181. The summed E-state index contributed by atoms with van der Waals surface area (Å²) in [5, 5.41) is 14.7. The Kier molecular flexibility index (Phi) is 7.15. The third kappa shape index (κ3) is 4.83. The minimum absolute atomic E-state index is 0.0129. The number of anilines is 3. The van der Waals surface area contributed by atoms with E-state index in [0.29, 0.717) is 17.7 Å². The van der Waals surface area contributed by atoms with Gasteiger partial charge in [-0.3, -0.25) is 4.90 Å². The maximum absolute atomic E-state index is 13.8. The van der Waals surface area contributed by atoms with Crippen molar-refractivity contribution in [2.24, 2.45) is 0 Å². The zero-order chi connectivity index (χ0) is 22.7.